The highest BCUT2D eigenvalue weighted by Gasteiger charge is 2.33. The van der Waals surface area contributed by atoms with Crippen molar-refractivity contribution in [2.24, 2.45) is 11.3 Å². The number of likely N-dealkylation sites (tertiary alicyclic amines) is 2. The average molecular weight is 361 g/mol. The summed E-state index contributed by atoms with van der Waals surface area (Å²) in [6.07, 6.45) is 12.2. The molecular formula is C22H36N2O2. The first-order valence-electron chi connectivity index (χ1n) is 10.1. The molecule has 0 saturated carbocycles. The first kappa shape index (κ1) is 21.0. The van der Waals surface area contributed by atoms with Crippen LogP contribution in [0.15, 0.2) is 24.3 Å². The van der Waals surface area contributed by atoms with E-state index < -0.39 is 5.41 Å². The maximum atomic E-state index is 12.8. The summed E-state index contributed by atoms with van der Waals surface area (Å²) in [6.45, 7) is 10.8. The number of nitrogens with zero attached hydrogens (tertiary/aromatic N) is 2. The number of carbonyl (C=O) groups is 2. The molecule has 26 heavy (non-hydrogen) atoms. The second kappa shape index (κ2) is 9.09. The Morgan fingerprint density at radius 2 is 1.65 bits per heavy atom. The molecule has 2 aliphatic rings. The van der Waals surface area contributed by atoms with E-state index in [-0.39, 0.29) is 23.5 Å². The number of carbonyl (C=O) groups excluding carboxylic acids is 2. The van der Waals surface area contributed by atoms with Crippen LogP contribution in [-0.4, -0.2) is 60.1 Å². The van der Waals surface area contributed by atoms with Crippen LogP contribution in [0.4, 0.5) is 0 Å². The molecule has 0 aliphatic carbocycles. The number of hydrogen-bond acceptors (Lipinski definition) is 4. The summed E-state index contributed by atoms with van der Waals surface area (Å²) in [6, 6.07) is 0.675. The minimum atomic E-state index is -0.411. The topological polar surface area (TPSA) is 40.6 Å². The van der Waals surface area contributed by atoms with E-state index in [9.17, 15) is 9.59 Å². The Hall–Kier alpha value is -1.26. The van der Waals surface area contributed by atoms with Crippen LogP contribution in [0.5, 0.6) is 0 Å². The van der Waals surface area contributed by atoms with E-state index in [2.05, 4.69) is 22.9 Å². The molecule has 2 saturated heterocycles. The lowest BCUT2D eigenvalue weighted by atomic mass is 9.86. The van der Waals surface area contributed by atoms with Crippen molar-refractivity contribution in [3.8, 4) is 0 Å². The quantitative estimate of drug-likeness (QED) is 0.622. The summed E-state index contributed by atoms with van der Waals surface area (Å²) < 4.78 is 0. The lowest BCUT2D eigenvalue weighted by Crippen LogP contribution is -2.40. The smallest absolute Gasteiger partial charge is 0.162 e. The first-order chi connectivity index (χ1) is 12.2. The van der Waals surface area contributed by atoms with E-state index in [0.717, 1.165) is 38.9 Å². The molecule has 0 aromatic carbocycles. The number of likely N-dealkylation sites (N-methyl/N-ethyl adjacent to an activating group) is 1. The summed E-state index contributed by atoms with van der Waals surface area (Å²) in [5, 5.41) is 0. The fourth-order valence-corrected chi connectivity index (χ4v) is 3.85. The summed E-state index contributed by atoms with van der Waals surface area (Å²) >= 11 is 0. The predicted molar refractivity (Wildman–Crippen MR) is 107 cm³/mol. The second-order valence-electron chi connectivity index (χ2n) is 8.89. The molecule has 146 valence electrons. The van der Waals surface area contributed by atoms with E-state index in [1.807, 2.05) is 33.8 Å². The van der Waals surface area contributed by atoms with Gasteiger partial charge in [0.05, 0.1) is 0 Å². The van der Waals surface area contributed by atoms with Gasteiger partial charge >= 0.3 is 0 Å². The van der Waals surface area contributed by atoms with Crippen molar-refractivity contribution in [1.29, 1.82) is 0 Å². The summed E-state index contributed by atoms with van der Waals surface area (Å²) in [5.74, 6) is 0.416. The maximum absolute atomic E-state index is 12.8. The molecule has 2 fully saturated rings. The van der Waals surface area contributed by atoms with Gasteiger partial charge < -0.3 is 0 Å². The largest absolute Gasteiger partial charge is 0.300 e. The van der Waals surface area contributed by atoms with Crippen molar-refractivity contribution >= 4 is 11.6 Å². The molecule has 0 bridgehead atoms. The van der Waals surface area contributed by atoms with Gasteiger partial charge in [-0.25, -0.2) is 0 Å². The third kappa shape index (κ3) is 5.62. The van der Waals surface area contributed by atoms with Gasteiger partial charge in [0.1, 0.15) is 0 Å². The van der Waals surface area contributed by atoms with E-state index in [0.29, 0.717) is 6.04 Å². The molecule has 0 spiro atoms. The van der Waals surface area contributed by atoms with Gasteiger partial charge in [0.2, 0.25) is 0 Å². The van der Waals surface area contributed by atoms with Gasteiger partial charge in [0.15, 0.2) is 11.6 Å². The highest BCUT2D eigenvalue weighted by Crippen LogP contribution is 2.27. The molecule has 0 radical (unpaired) electrons. The minimum absolute atomic E-state index is 0.0398. The maximum Gasteiger partial charge on any atom is 0.162 e. The van der Waals surface area contributed by atoms with Crippen LogP contribution in [0.3, 0.4) is 0 Å². The Kier molecular flexibility index (Phi) is 7.36. The van der Waals surface area contributed by atoms with Gasteiger partial charge in [-0.1, -0.05) is 39.8 Å². The number of allylic oxidation sites excluding steroid dienone is 2. The van der Waals surface area contributed by atoms with E-state index in [1.165, 1.54) is 6.42 Å². The molecular weight excluding hydrogens is 324 g/mol. The van der Waals surface area contributed by atoms with Gasteiger partial charge in [0.25, 0.3) is 0 Å². The van der Waals surface area contributed by atoms with Crippen molar-refractivity contribution < 1.29 is 9.59 Å². The van der Waals surface area contributed by atoms with Crippen LogP contribution < -0.4 is 0 Å². The zero-order chi connectivity index (χ0) is 19.3. The van der Waals surface area contributed by atoms with Crippen molar-refractivity contribution in [3.63, 3.8) is 0 Å². The average Bonchev–Trinajstić information content (AvgIpc) is 3.18. The molecule has 0 N–H and O–H groups in total. The Bertz CT molecular complexity index is 562. The molecule has 2 rings (SSSR count). The van der Waals surface area contributed by atoms with Crippen LogP contribution >= 0.6 is 0 Å². The van der Waals surface area contributed by atoms with E-state index in [1.54, 1.807) is 12.2 Å². The van der Waals surface area contributed by atoms with Crippen molar-refractivity contribution in [2.45, 2.75) is 65.5 Å². The summed E-state index contributed by atoms with van der Waals surface area (Å²) in [4.78, 5) is 29.3. The van der Waals surface area contributed by atoms with Gasteiger partial charge in [-0.05, 0) is 58.0 Å². The zero-order valence-corrected chi connectivity index (χ0v) is 17.2. The second-order valence-corrected chi connectivity index (χ2v) is 8.89. The highest BCUT2D eigenvalue weighted by molar-refractivity contribution is 5.94. The van der Waals surface area contributed by atoms with Crippen LogP contribution in [0, 0.1) is 11.3 Å². The third-order valence-electron chi connectivity index (χ3n) is 5.78. The summed E-state index contributed by atoms with van der Waals surface area (Å²) in [7, 11) is 2.12. The van der Waals surface area contributed by atoms with Crippen molar-refractivity contribution in [1.82, 2.24) is 9.80 Å². The Balaban J connectivity index is 1.94. The number of rotatable bonds is 8. The van der Waals surface area contributed by atoms with E-state index in [4.69, 9.17) is 0 Å². The van der Waals surface area contributed by atoms with Gasteiger partial charge in [-0.2, -0.15) is 0 Å². The highest BCUT2D eigenvalue weighted by atomic mass is 16.1. The van der Waals surface area contributed by atoms with E-state index >= 15 is 0 Å². The molecule has 2 aliphatic heterocycles. The van der Waals surface area contributed by atoms with Gasteiger partial charge in [0, 0.05) is 30.0 Å². The number of hydrogen-bond donors (Lipinski definition) is 0. The molecule has 2 heterocycles. The zero-order valence-electron chi connectivity index (χ0n) is 17.2. The SMILES string of the molecule is CC(C)C(=O)/C=C/[C@H]1CCCN1CC(C)(C)C(=O)/C=C/[C@@H]1CCCN1C. The lowest BCUT2D eigenvalue weighted by Gasteiger charge is -2.31. The van der Waals surface area contributed by atoms with Crippen molar-refractivity contribution in [2.75, 3.05) is 26.7 Å². The van der Waals surface area contributed by atoms with Crippen LogP contribution in [0.1, 0.15) is 53.4 Å². The summed E-state index contributed by atoms with van der Waals surface area (Å²) in [5.41, 5.74) is -0.411. The molecule has 2 atom stereocenters. The molecule has 4 heteroatoms. The molecule has 0 aromatic heterocycles. The minimum Gasteiger partial charge on any atom is -0.300 e. The molecule has 0 amide bonds. The molecule has 0 aromatic rings. The van der Waals surface area contributed by atoms with Crippen LogP contribution in [0.2, 0.25) is 0 Å². The van der Waals surface area contributed by atoms with Gasteiger partial charge in [-0.15, -0.1) is 0 Å². The lowest BCUT2D eigenvalue weighted by molar-refractivity contribution is -0.123. The first-order valence-corrected chi connectivity index (χ1v) is 10.1. The molecule has 0 unspecified atom stereocenters. The van der Waals surface area contributed by atoms with Crippen LogP contribution in [-0.2, 0) is 9.59 Å². The van der Waals surface area contributed by atoms with Gasteiger partial charge in [-0.3, -0.25) is 19.4 Å². The van der Waals surface area contributed by atoms with Crippen LogP contribution in [0.25, 0.3) is 0 Å². The third-order valence-corrected chi connectivity index (χ3v) is 5.78. The Morgan fingerprint density at radius 3 is 2.27 bits per heavy atom. The predicted octanol–water partition coefficient (Wildman–Crippen LogP) is 3.48. The monoisotopic (exact) mass is 360 g/mol. The number of ketones is 2. The normalized spacial score (nSPS) is 25.9. The Morgan fingerprint density at radius 1 is 1.04 bits per heavy atom. The van der Waals surface area contributed by atoms with Crippen molar-refractivity contribution in [3.05, 3.63) is 24.3 Å². The standard InChI is InChI=1S/C22H36N2O2/c1-17(2)20(25)12-10-19-9-7-15-24(19)16-22(3,4)21(26)13-11-18-8-6-14-23(18)5/h10-13,17-19H,6-9,14-16H2,1-5H3/b12-10+,13-11+/t18-,19+/m0/s1. The fourth-order valence-electron chi connectivity index (χ4n) is 3.85. The Labute approximate surface area is 159 Å². The fraction of sp³-hybridized carbons (Fsp3) is 0.727. The molecule has 4 nitrogen and oxygen atoms in total.